The quantitative estimate of drug-likeness (QED) is 0.799. The van der Waals surface area contributed by atoms with Gasteiger partial charge < -0.3 is 10.4 Å². The van der Waals surface area contributed by atoms with E-state index >= 15 is 0 Å². The van der Waals surface area contributed by atoms with Crippen molar-refractivity contribution >= 4 is 0 Å². The Morgan fingerprint density at radius 2 is 2.18 bits per heavy atom. The molecule has 2 atom stereocenters. The average Bonchev–Trinajstić information content (AvgIpc) is 2.28. The first-order valence-electron chi connectivity index (χ1n) is 6.12. The highest BCUT2D eigenvalue weighted by atomic mass is 19.1. The third-order valence-electron chi connectivity index (χ3n) is 3.04. The highest BCUT2D eigenvalue weighted by molar-refractivity contribution is 5.19. The molecule has 0 saturated heterocycles. The molecule has 2 N–H and O–H groups in total. The summed E-state index contributed by atoms with van der Waals surface area (Å²) in [6.45, 7) is 6.18. The Labute approximate surface area is 103 Å². The fourth-order valence-electron chi connectivity index (χ4n) is 1.95. The second-order valence-electron chi connectivity index (χ2n) is 4.98. The Morgan fingerprint density at radius 3 is 2.71 bits per heavy atom. The lowest BCUT2D eigenvalue weighted by molar-refractivity contribution is 0.161. The summed E-state index contributed by atoms with van der Waals surface area (Å²) in [6, 6.07) is 6.87. The van der Waals surface area contributed by atoms with Crippen molar-refractivity contribution in [3.05, 3.63) is 35.6 Å². The normalized spacial score (nSPS) is 16.5. The van der Waals surface area contributed by atoms with Gasteiger partial charge in [-0.1, -0.05) is 19.1 Å². The van der Waals surface area contributed by atoms with Crippen LogP contribution in [0.3, 0.4) is 0 Å². The fraction of sp³-hybridized carbons (Fsp3) is 0.571. The molecule has 17 heavy (non-hydrogen) atoms. The van der Waals surface area contributed by atoms with Crippen LogP contribution in [0.4, 0.5) is 4.39 Å². The molecule has 96 valence electrons. The fourth-order valence-corrected chi connectivity index (χ4v) is 1.95. The summed E-state index contributed by atoms with van der Waals surface area (Å²) in [6.07, 6.45) is 1.62. The van der Waals surface area contributed by atoms with Crippen LogP contribution >= 0.6 is 0 Å². The Bertz CT molecular complexity index is 356. The first-order chi connectivity index (χ1) is 7.99. The Kier molecular flexibility index (Phi) is 5.09. The second-order valence-corrected chi connectivity index (χ2v) is 4.98. The van der Waals surface area contributed by atoms with E-state index in [9.17, 15) is 9.50 Å². The van der Waals surface area contributed by atoms with E-state index in [1.54, 1.807) is 6.07 Å². The predicted octanol–water partition coefficient (Wildman–Crippen LogP) is 2.51. The highest BCUT2D eigenvalue weighted by Crippen LogP contribution is 2.15. The summed E-state index contributed by atoms with van der Waals surface area (Å²) in [7, 11) is 0. The van der Waals surface area contributed by atoms with Crippen molar-refractivity contribution in [2.24, 2.45) is 0 Å². The zero-order valence-electron chi connectivity index (χ0n) is 10.8. The second kappa shape index (κ2) is 6.12. The molecule has 0 heterocycles. The molecule has 0 bridgehead atoms. The van der Waals surface area contributed by atoms with Gasteiger partial charge >= 0.3 is 0 Å². The third-order valence-corrected chi connectivity index (χ3v) is 3.04. The number of rotatable bonds is 6. The zero-order valence-corrected chi connectivity index (χ0v) is 10.8. The molecule has 0 fully saturated rings. The molecule has 0 aliphatic carbocycles. The molecule has 0 saturated carbocycles. The largest absolute Gasteiger partial charge is 0.394 e. The van der Waals surface area contributed by atoms with Gasteiger partial charge in [-0.05, 0) is 44.4 Å². The maximum absolute atomic E-state index is 13.1. The van der Waals surface area contributed by atoms with Crippen molar-refractivity contribution in [3.63, 3.8) is 0 Å². The average molecular weight is 239 g/mol. The molecular formula is C14H22FNO. The van der Waals surface area contributed by atoms with Crippen molar-refractivity contribution < 1.29 is 9.50 Å². The lowest BCUT2D eigenvalue weighted by Crippen LogP contribution is -2.51. The Hall–Kier alpha value is -0.930. The van der Waals surface area contributed by atoms with Gasteiger partial charge in [-0.2, -0.15) is 0 Å². The zero-order chi connectivity index (χ0) is 12.9. The van der Waals surface area contributed by atoms with Crippen LogP contribution in [-0.4, -0.2) is 23.3 Å². The molecule has 0 aliphatic rings. The lowest BCUT2D eigenvalue weighted by Gasteiger charge is -2.32. The van der Waals surface area contributed by atoms with Gasteiger partial charge in [0.05, 0.1) is 6.61 Å². The number of hydrogen-bond acceptors (Lipinski definition) is 2. The third kappa shape index (κ3) is 4.44. The molecule has 0 aromatic heterocycles. The summed E-state index contributed by atoms with van der Waals surface area (Å²) >= 11 is 0. The standard InChI is InChI=1S/C14H22FNO/c1-4-11(2)16-14(3,10-17)9-12-6-5-7-13(15)8-12/h5-8,11,16-17H,4,9-10H2,1-3H3. The number of hydrogen-bond donors (Lipinski definition) is 2. The number of aliphatic hydroxyl groups excluding tert-OH is 1. The van der Waals surface area contributed by atoms with Crippen LogP contribution in [0.1, 0.15) is 32.8 Å². The minimum absolute atomic E-state index is 0.0356. The van der Waals surface area contributed by atoms with E-state index in [0.717, 1.165) is 12.0 Å². The molecule has 0 amide bonds. The summed E-state index contributed by atoms with van der Waals surface area (Å²) in [4.78, 5) is 0. The molecule has 0 aliphatic heterocycles. The van der Waals surface area contributed by atoms with E-state index in [0.29, 0.717) is 12.5 Å². The first-order valence-corrected chi connectivity index (χ1v) is 6.12. The predicted molar refractivity (Wildman–Crippen MR) is 68.5 cm³/mol. The molecule has 0 radical (unpaired) electrons. The van der Waals surface area contributed by atoms with E-state index in [2.05, 4.69) is 19.2 Å². The van der Waals surface area contributed by atoms with Gasteiger partial charge in [-0.3, -0.25) is 0 Å². The van der Waals surface area contributed by atoms with Crippen molar-refractivity contribution in [2.45, 2.75) is 45.2 Å². The van der Waals surface area contributed by atoms with Crippen molar-refractivity contribution in [1.29, 1.82) is 0 Å². The van der Waals surface area contributed by atoms with Gasteiger partial charge in [0.1, 0.15) is 5.82 Å². The summed E-state index contributed by atoms with van der Waals surface area (Å²) < 4.78 is 13.1. The minimum Gasteiger partial charge on any atom is -0.394 e. The number of aliphatic hydroxyl groups is 1. The van der Waals surface area contributed by atoms with Crippen LogP contribution in [0.25, 0.3) is 0 Å². The maximum atomic E-state index is 13.1. The number of nitrogens with one attached hydrogen (secondary N) is 1. The van der Waals surface area contributed by atoms with Crippen LogP contribution in [0.2, 0.25) is 0 Å². The van der Waals surface area contributed by atoms with Crippen molar-refractivity contribution in [3.8, 4) is 0 Å². The van der Waals surface area contributed by atoms with Crippen LogP contribution in [0.5, 0.6) is 0 Å². The van der Waals surface area contributed by atoms with E-state index < -0.39 is 5.54 Å². The highest BCUT2D eigenvalue weighted by Gasteiger charge is 2.25. The summed E-state index contributed by atoms with van der Waals surface area (Å²) in [5.41, 5.74) is 0.501. The summed E-state index contributed by atoms with van der Waals surface area (Å²) in [5, 5.41) is 12.9. The van der Waals surface area contributed by atoms with E-state index in [4.69, 9.17) is 0 Å². The van der Waals surface area contributed by atoms with Crippen LogP contribution in [0.15, 0.2) is 24.3 Å². The Balaban J connectivity index is 2.74. The van der Waals surface area contributed by atoms with Crippen molar-refractivity contribution in [2.75, 3.05) is 6.61 Å². The number of halogens is 1. The van der Waals surface area contributed by atoms with Gasteiger partial charge in [0.15, 0.2) is 0 Å². The van der Waals surface area contributed by atoms with E-state index in [-0.39, 0.29) is 12.4 Å². The SMILES string of the molecule is CCC(C)NC(C)(CO)Cc1cccc(F)c1. The lowest BCUT2D eigenvalue weighted by atomic mass is 9.92. The van der Waals surface area contributed by atoms with E-state index in [1.807, 2.05) is 13.0 Å². The maximum Gasteiger partial charge on any atom is 0.123 e. The molecule has 1 aromatic rings. The molecule has 1 aromatic carbocycles. The van der Waals surface area contributed by atoms with Gasteiger partial charge in [0, 0.05) is 11.6 Å². The molecule has 3 heteroatoms. The van der Waals surface area contributed by atoms with Crippen LogP contribution in [0, 0.1) is 5.82 Å². The minimum atomic E-state index is -0.400. The monoisotopic (exact) mass is 239 g/mol. The van der Waals surface area contributed by atoms with Gasteiger partial charge in [0.2, 0.25) is 0 Å². The van der Waals surface area contributed by atoms with Crippen LogP contribution < -0.4 is 5.32 Å². The number of benzene rings is 1. The molecule has 0 spiro atoms. The molecular weight excluding hydrogens is 217 g/mol. The van der Waals surface area contributed by atoms with Gasteiger partial charge in [-0.25, -0.2) is 4.39 Å². The Morgan fingerprint density at radius 1 is 1.47 bits per heavy atom. The topological polar surface area (TPSA) is 32.3 Å². The molecule has 1 rings (SSSR count). The smallest absolute Gasteiger partial charge is 0.123 e. The van der Waals surface area contributed by atoms with Crippen LogP contribution in [-0.2, 0) is 6.42 Å². The van der Waals surface area contributed by atoms with Gasteiger partial charge in [0.25, 0.3) is 0 Å². The molecule has 2 unspecified atom stereocenters. The van der Waals surface area contributed by atoms with Crippen molar-refractivity contribution in [1.82, 2.24) is 5.32 Å². The van der Waals surface area contributed by atoms with Gasteiger partial charge in [-0.15, -0.1) is 0 Å². The summed E-state index contributed by atoms with van der Waals surface area (Å²) in [5.74, 6) is -0.230. The van der Waals surface area contributed by atoms with E-state index in [1.165, 1.54) is 12.1 Å². The molecule has 2 nitrogen and oxygen atoms in total. The first kappa shape index (κ1) is 14.1.